The highest BCUT2D eigenvalue weighted by molar-refractivity contribution is 9.10. The van der Waals surface area contributed by atoms with Crippen LogP contribution in [0.25, 0.3) is 0 Å². The maximum absolute atomic E-state index is 12.8. The lowest BCUT2D eigenvalue weighted by molar-refractivity contribution is -0.126. The molecule has 1 saturated carbocycles. The third kappa shape index (κ3) is 17.0. The van der Waals surface area contributed by atoms with E-state index in [1.54, 1.807) is 6.20 Å². The standard InChI is InChI=1S/C38H57BrN12O5S/c39-32-10-5-28(19-44-32)20-45-37(56)29-6-1-27(2-7-29)18-46-38(57)47-30-8-3-26(4-9-30)17-31-21-50(24-35(42)54)14-13-48(22-33(40)52)11-12-49(23-34(41)53)15-16-51(31)25-36(43)55/h3-5,8-10,19,27,29,31H,1-2,6-7,11-18,20-25H2,(H2,40,52)(H2,41,53)(H2,42,54)(H2,43,55)(H,45,56)(H2,46,47,57). The van der Waals surface area contributed by atoms with Crippen molar-refractivity contribution in [3.8, 4) is 0 Å². The molecule has 1 unspecified atom stereocenters. The molecule has 1 aliphatic heterocycles. The first-order chi connectivity index (χ1) is 27.2. The summed E-state index contributed by atoms with van der Waals surface area (Å²) in [6.45, 7) is 3.99. The van der Waals surface area contributed by atoms with Gasteiger partial charge in [-0.2, -0.15) is 0 Å². The first kappa shape index (κ1) is 45.4. The van der Waals surface area contributed by atoms with Crippen LogP contribution in [0.1, 0.15) is 36.8 Å². The van der Waals surface area contributed by atoms with E-state index in [0.717, 1.165) is 47.1 Å². The van der Waals surface area contributed by atoms with Gasteiger partial charge in [-0.3, -0.25) is 43.6 Å². The van der Waals surface area contributed by atoms with Crippen LogP contribution in [-0.2, 0) is 36.9 Å². The van der Waals surface area contributed by atoms with E-state index in [1.165, 1.54) is 0 Å². The van der Waals surface area contributed by atoms with Gasteiger partial charge in [-0.15, -0.1) is 0 Å². The molecule has 0 spiro atoms. The lowest BCUT2D eigenvalue weighted by atomic mass is 9.81. The van der Waals surface area contributed by atoms with E-state index < -0.39 is 23.6 Å². The zero-order valence-electron chi connectivity index (χ0n) is 32.4. The first-order valence-electron chi connectivity index (χ1n) is 19.3. The Morgan fingerprint density at radius 3 is 1.81 bits per heavy atom. The highest BCUT2D eigenvalue weighted by atomic mass is 79.9. The number of aromatic nitrogens is 1. The Morgan fingerprint density at radius 2 is 1.25 bits per heavy atom. The average molecular weight is 874 g/mol. The summed E-state index contributed by atoms with van der Waals surface area (Å²) < 4.78 is 0.759. The van der Waals surface area contributed by atoms with Crippen molar-refractivity contribution in [2.24, 2.45) is 34.8 Å². The van der Waals surface area contributed by atoms with Crippen LogP contribution in [0, 0.1) is 11.8 Å². The van der Waals surface area contributed by atoms with Crippen LogP contribution in [0.15, 0.2) is 47.2 Å². The van der Waals surface area contributed by atoms with Crippen LogP contribution in [0.3, 0.4) is 0 Å². The van der Waals surface area contributed by atoms with Gasteiger partial charge in [0.15, 0.2) is 5.11 Å². The maximum atomic E-state index is 12.8. The molecule has 2 aromatic rings. The van der Waals surface area contributed by atoms with Gasteiger partial charge in [-0.25, -0.2) is 4.98 Å². The third-order valence-electron chi connectivity index (χ3n) is 10.4. The first-order valence-corrected chi connectivity index (χ1v) is 20.5. The highest BCUT2D eigenvalue weighted by Gasteiger charge is 2.28. The van der Waals surface area contributed by atoms with Crippen molar-refractivity contribution in [3.05, 3.63) is 58.3 Å². The minimum absolute atomic E-state index is 0.00273. The quantitative estimate of drug-likeness (QED) is 0.0818. The molecule has 1 atom stereocenters. The van der Waals surface area contributed by atoms with E-state index in [0.29, 0.717) is 76.4 Å². The van der Waals surface area contributed by atoms with E-state index in [4.69, 9.17) is 35.2 Å². The highest BCUT2D eigenvalue weighted by Crippen LogP contribution is 2.28. The number of halogens is 1. The van der Waals surface area contributed by atoms with Crippen molar-refractivity contribution >= 4 is 68.5 Å². The number of pyridine rings is 1. The summed E-state index contributed by atoms with van der Waals surface area (Å²) in [4.78, 5) is 72.9. The molecule has 17 nitrogen and oxygen atoms in total. The Kier molecular flexibility index (Phi) is 18.5. The van der Waals surface area contributed by atoms with E-state index in [9.17, 15) is 24.0 Å². The van der Waals surface area contributed by atoms with Crippen LogP contribution >= 0.6 is 28.1 Å². The Balaban J connectivity index is 1.34. The number of nitrogens with one attached hydrogen (secondary N) is 3. The monoisotopic (exact) mass is 872 g/mol. The van der Waals surface area contributed by atoms with E-state index in [1.807, 2.05) is 56.0 Å². The second kappa shape index (κ2) is 23.2. The Morgan fingerprint density at radius 1 is 0.702 bits per heavy atom. The number of hydrogen-bond acceptors (Lipinski definition) is 11. The molecule has 0 bridgehead atoms. The fourth-order valence-corrected chi connectivity index (χ4v) is 7.79. The molecule has 2 fully saturated rings. The number of nitrogens with zero attached hydrogens (tertiary/aromatic N) is 5. The molecule has 11 N–H and O–H groups in total. The summed E-state index contributed by atoms with van der Waals surface area (Å²) in [5.41, 5.74) is 25.2. The molecule has 312 valence electrons. The van der Waals surface area contributed by atoms with Gasteiger partial charge in [0.1, 0.15) is 4.60 Å². The molecule has 57 heavy (non-hydrogen) atoms. The third-order valence-corrected chi connectivity index (χ3v) is 11.1. The molecule has 5 amide bonds. The van der Waals surface area contributed by atoms with Crippen LogP contribution in [-0.4, -0.2) is 144 Å². The molecular formula is C38H57BrN12O5S. The number of amides is 5. The fourth-order valence-electron chi connectivity index (χ4n) is 7.35. The zero-order chi connectivity index (χ0) is 41.3. The van der Waals surface area contributed by atoms with Crippen LogP contribution in [0.4, 0.5) is 5.69 Å². The SMILES string of the molecule is NC(=O)CN1CCN(CC(N)=O)CCN(CC(N)=O)C(Cc2ccc(NC(=S)NCC3CCC(C(=O)NCc4ccc(Br)nc4)CC3)cc2)CN(CC(N)=O)CC1. The summed E-state index contributed by atoms with van der Waals surface area (Å²) in [5.74, 6) is -1.50. The molecule has 2 heterocycles. The summed E-state index contributed by atoms with van der Waals surface area (Å²) in [7, 11) is 0. The molecule has 1 saturated heterocycles. The lowest BCUT2D eigenvalue weighted by Crippen LogP contribution is -2.54. The molecule has 0 radical (unpaired) electrons. The van der Waals surface area contributed by atoms with Gasteiger partial charge in [0, 0.05) is 82.7 Å². The van der Waals surface area contributed by atoms with Gasteiger partial charge < -0.3 is 38.9 Å². The number of nitrogens with two attached hydrogens (primary N) is 4. The fraction of sp³-hybridized carbons (Fsp3) is 0.553. The maximum Gasteiger partial charge on any atom is 0.231 e. The predicted octanol–water partition coefficient (Wildman–Crippen LogP) is -0.673. The van der Waals surface area contributed by atoms with Gasteiger partial charge in [-0.1, -0.05) is 18.2 Å². The van der Waals surface area contributed by atoms with Gasteiger partial charge in [0.25, 0.3) is 0 Å². The summed E-state index contributed by atoms with van der Waals surface area (Å²) >= 11 is 8.94. The van der Waals surface area contributed by atoms with Crippen molar-refractivity contribution < 1.29 is 24.0 Å². The molecular weight excluding hydrogens is 816 g/mol. The van der Waals surface area contributed by atoms with Crippen molar-refractivity contribution in [2.45, 2.75) is 44.7 Å². The number of anilines is 1. The topological polar surface area (TPSA) is 251 Å². The number of carbonyl (C=O) groups is 5. The normalized spacial score (nSPS) is 20.7. The average Bonchev–Trinajstić information content (AvgIpc) is 3.15. The summed E-state index contributed by atoms with van der Waals surface area (Å²) in [5, 5.41) is 10.1. The second-order valence-electron chi connectivity index (χ2n) is 14.9. The van der Waals surface area contributed by atoms with Crippen LogP contribution in [0.2, 0.25) is 0 Å². The van der Waals surface area contributed by atoms with Crippen molar-refractivity contribution in [3.63, 3.8) is 0 Å². The molecule has 19 heteroatoms. The van der Waals surface area contributed by atoms with Gasteiger partial charge in [0.05, 0.1) is 26.2 Å². The molecule has 1 aromatic carbocycles. The number of hydrogen-bond donors (Lipinski definition) is 7. The molecule has 4 rings (SSSR count). The van der Waals surface area contributed by atoms with Gasteiger partial charge in [0.2, 0.25) is 29.5 Å². The van der Waals surface area contributed by atoms with Crippen molar-refractivity contribution in [1.82, 2.24) is 35.2 Å². The number of rotatable bonds is 16. The lowest BCUT2D eigenvalue weighted by Gasteiger charge is -2.38. The number of thiocarbonyl (C=S) groups is 1. The van der Waals surface area contributed by atoms with Crippen LogP contribution in [0.5, 0.6) is 0 Å². The Hall–Kier alpha value is -4.27. The Bertz CT molecular complexity index is 1660. The summed E-state index contributed by atoms with van der Waals surface area (Å²) in [6.07, 6.45) is 5.78. The number of primary amides is 4. The zero-order valence-corrected chi connectivity index (χ0v) is 34.8. The number of carbonyl (C=O) groups excluding carboxylic acids is 5. The molecule has 1 aliphatic carbocycles. The van der Waals surface area contributed by atoms with Crippen molar-refractivity contribution in [2.75, 3.05) is 83.9 Å². The predicted molar refractivity (Wildman–Crippen MR) is 225 cm³/mol. The minimum atomic E-state index is -0.507. The second-order valence-corrected chi connectivity index (χ2v) is 16.2. The van der Waals surface area contributed by atoms with Crippen LogP contribution < -0.4 is 38.9 Å². The molecule has 1 aromatic heterocycles. The smallest absolute Gasteiger partial charge is 0.231 e. The van der Waals surface area contributed by atoms with Gasteiger partial charge >= 0.3 is 0 Å². The summed E-state index contributed by atoms with van der Waals surface area (Å²) in [6, 6.07) is 11.4. The van der Waals surface area contributed by atoms with E-state index in [2.05, 4.69) is 36.9 Å². The Labute approximate surface area is 348 Å². The largest absolute Gasteiger partial charge is 0.369 e. The minimum Gasteiger partial charge on any atom is -0.369 e. The van der Waals surface area contributed by atoms with E-state index >= 15 is 0 Å². The van der Waals surface area contributed by atoms with Gasteiger partial charge in [-0.05, 0) is 95.5 Å². The van der Waals surface area contributed by atoms with Crippen molar-refractivity contribution in [1.29, 1.82) is 0 Å². The molecule has 2 aliphatic rings. The van der Waals surface area contributed by atoms with E-state index in [-0.39, 0.29) is 44.0 Å². The number of benzene rings is 1.